The van der Waals surface area contributed by atoms with Gasteiger partial charge in [-0.05, 0) is 48.0 Å². The molecule has 8 heteroatoms. The number of halogens is 1. The Morgan fingerprint density at radius 2 is 1.80 bits per heavy atom. The van der Waals surface area contributed by atoms with Crippen LogP contribution in [0.25, 0.3) is 0 Å². The van der Waals surface area contributed by atoms with Crippen LogP contribution in [0.4, 0.5) is 5.69 Å². The van der Waals surface area contributed by atoms with Crippen molar-refractivity contribution >= 4 is 46.1 Å². The third kappa shape index (κ3) is 5.02. The number of hydrogen-bond acceptors (Lipinski definition) is 5. The van der Waals surface area contributed by atoms with E-state index in [1.165, 1.54) is 30.1 Å². The summed E-state index contributed by atoms with van der Waals surface area (Å²) in [6, 6.07) is 18.9. The Labute approximate surface area is 187 Å². The maximum Gasteiger partial charge on any atom is 0.259 e. The zero-order valence-electron chi connectivity index (χ0n) is 16.0. The third-order valence-corrected chi connectivity index (χ3v) is 5.40. The first-order chi connectivity index (χ1) is 14.4. The molecule has 0 bridgehead atoms. The first kappa shape index (κ1) is 21.9. The van der Waals surface area contributed by atoms with Crippen LogP contribution in [-0.4, -0.2) is 24.1 Å². The molecule has 0 saturated heterocycles. The van der Waals surface area contributed by atoms with Gasteiger partial charge in [0, 0.05) is 28.5 Å². The molecule has 2 amide bonds. The van der Waals surface area contributed by atoms with E-state index in [2.05, 4.69) is 38.8 Å². The number of thiol groups is 1. The Balaban J connectivity index is 1.82. The summed E-state index contributed by atoms with van der Waals surface area (Å²) in [6.45, 7) is 0.349. The highest BCUT2D eigenvalue weighted by Gasteiger charge is 2.21. The Bertz CT molecular complexity index is 1070. The molecule has 3 aromatic rings. The lowest BCUT2D eigenvalue weighted by molar-refractivity contribution is -0.137. The lowest BCUT2D eigenvalue weighted by Gasteiger charge is -2.20. The van der Waals surface area contributed by atoms with Gasteiger partial charge in [0.15, 0.2) is 5.75 Å². The van der Waals surface area contributed by atoms with E-state index < -0.39 is 0 Å². The molecule has 2 N–H and O–H groups in total. The van der Waals surface area contributed by atoms with E-state index in [9.17, 15) is 14.8 Å². The predicted octanol–water partition coefficient (Wildman–Crippen LogP) is 4.80. The number of amides is 2. The molecule has 3 aromatic carbocycles. The van der Waals surface area contributed by atoms with E-state index in [1.807, 2.05) is 24.3 Å². The minimum Gasteiger partial charge on any atom is -0.348 e. The molecule has 0 aromatic heterocycles. The van der Waals surface area contributed by atoms with Crippen LogP contribution >= 0.6 is 28.6 Å². The molecule has 0 spiro atoms. The molecule has 0 aliphatic heterocycles. The Morgan fingerprint density at radius 3 is 2.47 bits per heavy atom. The monoisotopic (exact) mass is 486 g/mol. The van der Waals surface area contributed by atoms with E-state index in [1.54, 1.807) is 24.3 Å². The van der Waals surface area contributed by atoms with Crippen molar-refractivity contribution in [3.8, 4) is 5.75 Å². The van der Waals surface area contributed by atoms with Gasteiger partial charge in [-0.1, -0.05) is 40.2 Å². The first-order valence-electron chi connectivity index (χ1n) is 8.95. The van der Waals surface area contributed by atoms with E-state index in [0.717, 1.165) is 10.0 Å². The number of carbonyl (C=O) groups excluding carboxylic acids is 2. The second-order valence-electron chi connectivity index (χ2n) is 6.46. The van der Waals surface area contributed by atoms with E-state index >= 15 is 0 Å². The topological polar surface area (TPSA) is 78.9 Å². The number of anilines is 1. The molecule has 0 fully saturated rings. The van der Waals surface area contributed by atoms with Gasteiger partial charge in [0.25, 0.3) is 11.8 Å². The van der Waals surface area contributed by atoms with Gasteiger partial charge < -0.3 is 15.1 Å². The summed E-state index contributed by atoms with van der Waals surface area (Å²) in [7, 11) is 1.53. The fourth-order valence-electron chi connectivity index (χ4n) is 2.83. The summed E-state index contributed by atoms with van der Waals surface area (Å²) >= 11 is 7.69. The number of nitrogens with one attached hydrogen (secondary N) is 1. The molecular formula is C22H19BrN2O4S. The summed E-state index contributed by atoms with van der Waals surface area (Å²) in [5.74, 6) is -0.627. The van der Waals surface area contributed by atoms with Gasteiger partial charge in [-0.15, -0.1) is 12.6 Å². The molecule has 0 atom stereocenters. The van der Waals surface area contributed by atoms with E-state index in [-0.39, 0.29) is 23.3 Å². The molecule has 30 heavy (non-hydrogen) atoms. The van der Waals surface area contributed by atoms with Crippen molar-refractivity contribution in [2.45, 2.75) is 11.4 Å². The van der Waals surface area contributed by atoms with Crippen molar-refractivity contribution in [1.82, 2.24) is 5.32 Å². The number of hydrogen-bond donors (Lipinski definition) is 3. The Morgan fingerprint density at radius 1 is 1.10 bits per heavy atom. The van der Waals surface area contributed by atoms with Crippen LogP contribution in [0.2, 0.25) is 0 Å². The normalized spacial score (nSPS) is 10.4. The molecule has 0 aliphatic rings. The lowest BCUT2D eigenvalue weighted by Crippen LogP contribution is -2.28. The highest BCUT2D eigenvalue weighted by Crippen LogP contribution is 2.30. The summed E-state index contributed by atoms with van der Waals surface area (Å²) < 4.78 is 0.956. The van der Waals surface area contributed by atoms with Gasteiger partial charge in [-0.3, -0.25) is 9.59 Å². The van der Waals surface area contributed by atoms with Gasteiger partial charge in [0.05, 0.1) is 11.3 Å². The van der Waals surface area contributed by atoms with Crippen molar-refractivity contribution < 1.29 is 19.7 Å². The standard InChI is InChI=1S/C22H19BrN2O4S/c1-25(22(27)17-4-2-3-5-20(17)30)18-12-15(8-11-19(18)29-28)21(26)24-13-14-6-9-16(23)10-7-14/h2-12,28,30H,13H2,1H3,(H,24,26). The van der Waals surface area contributed by atoms with Gasteiger partial charge in [-0.2, -0.15) is 0 Å². The average Bonchev–Trinajstić information content (AvgIpc) is 2.77. The molecule has 3 rings (SSSR count). The predicted molar refractivity (Wildman–Crippen MR) is 121 cm³/mol. The van der Waals surface area contributed by atoms with Gasteiger partial charge in [0.1, 0.15) is 0 Å². The van der Waals surface area contributed by atoms with Crippen LogP contribution in [0.3, 0.4) is 0 Å². The quantitative estimate of drug-likeness (QED) is 0.265. The zero-order valence-corrected chi connectivity index (χ0v) is 18.5. The van der Waals surface area contributed by atoms with Crippen LogP contribution in [-0.2, 0) is 6.54 Å². The molecule has 0 radical (unpaired) electrons. The third-order valence-electron chi connectivity index (χ3n) is 4.49. The smallest absolute Gasteiger partial charge is 0.259 e. The average molecular weight is 487 g/mol. The van der Waals surface area contributed by atoms with Crippen molar-refractivity contribution in [1.29, 1.82) is 0 Å². The van der Waals surface area contributed by atoms with Gasteiger partial charge in [-0.25, -0.2) is 5.26 Å². The van der Waals surface area contributed by atoms with Crippen LogP contribution in [0.15, 0.2) is 76.1 Å². The Kier molecular flexibility index (Phi) is 7.15. The SMILES string of the molecule is CN(C(=O)c1ccccc1S)c1cc(C(=O)NCc2ccc(Br)cc2)ccc1OO. The van der Waals surface area contributed by atoms with E-state index in [4.69, 9.17) is 0 Å². The molecule has 6 nitrogen and oxygen atoms in total. The number of rotatable bonds is 6. The summed E-state index contributed by atoms with van der Waals surface area (Å²) in [6.07, 6.45) is 0. The molecule has 0 unspecified atom stereocenters. The maximum atomic E-state index is 12.9. The minimum absolute atomic E-state index is 0.0481. The minimum atomic E-state index is -0.355. The highest BCUT2D eigenvalue weighted by atomic mass is 79.9. The summed E-state index contributed by atoms with van der Waals surface area (Å²) in [5, 5.41) is 12.1. The van der Waals surface area contributed by atoms with Crippen LogP contribution in [0.1, 0.15) is 26.3 Å². The Hall–Kier alpha value is -2.81. The molecule has 0 heterocycles. The second kappa shape index (κ2) is 9.80. The lowest BCUT2D eigenvalue weighted by atomic mass is 10.1. The maximum absolute atomic E-state index is 12.9. The molecule has 154 valence electrons. The number of nitrogens with zero attached hydrogens (tertiary/aromatic N) is 1. The summed E-state index contributed by atoms with van der Waals surface area (Å²) in [4.78, 5) is 31.7. The molecule has 0 aliphatic carbocycles. The molecular weight excluding hydrogens is 468 g/mol. The fraction of sp³-hybridized carbons (Fsp3) is 0.0909. The van der Waals surface area contributed by atoms with Crippen LogP contribution in [0.5, 0.6) is 5.75 Å². The largest absolute Gasteiger partial charge is 0.348 e. The number of carbonyl (C=O) groups is 2. The zero-order chi connectivity index (χ0) is 21.7. The van der Waals surface area contributed by atoms with Crippen molar-refractivity contribution in [2.75, 3.05) is 11.9 Å². The van der Waals surface area contributed by atoms with Gasteiger partial charge in [0.2, 0.25) is 0 Å². The summed E-state index contributed by atoms with van der Waals surface area (Å²) in [5.41, 5.74) is 1.90. The first-order valence-corrected chi connectivity index (χ1v) is 10.2. The van der Waals surface area contributed by atoms with Gasteiger partial charge >= 0.3 is 0 Å². The fourth-order valence-corrected chi connectivity index (χ4v) is 3.35. The van der Waals surface area contributed by atoms with Crippen molar-refractivity contribution in [2.24, 2.45) is 0 Å². The van der Waals surface area contributed by atoms with Crippen LogP contribution in [0, 0.1) is 0 Å². The highest BCUT2D eigenvalue weighted by molar-refractivity contribution is 9.10. The van der Waals surface area contributed by atoms with E-state index in [0.29, 0.717) is 22.6 Å². The van der Waals surface area contributed by atoms with Crippen molar-refractivity contribution in [3.63, 3.8) is 0 Å². The van der Waals surface area contributed by atoms with Crippen LogP contribution < -0.4 is 15.1 Å². The second-order valence-corrected chi connectivity index (χ2v) is 7.86. The number of benzene rings is 3. The van der Waals surface area contributed by atoms with Crippen molar-refractivity contribution in [3.05, 3.63) is 87.9 Å². The molecule has 0 saturated carbocycles.